The molecule has 2 aromatic rings. The van der Waals surface area contributed by atoms with Crippen molar-refractivity contribution in [2.24, 2.45) is 4.99 Å². The molecule has 0 radical (unpaired) electrons. The molecule has 0 unspecified atom stereocenters. The Bertz CT molecular complexity index is 998. The number of Topliss-reactive ketones (excluding diaryl/α,β-unsaturated/α-hetero) is 2. The molecule has 0 aliphatic rings. The lowest BCUT2D eigenvalue weighted by Gasteiger charge is -2.11. The van der Waals surface area contributed by atoms with Crippen LogP contribution >= 0.6 is 11.3 Å². The molecule has 0 aliphatic carbocycles. The van der Waals surface area contributed by atoms with Crippen molar-refractivity contribution in [3.05, 3.63) is 52.2 Å². The Morgan fingerprint density at radius 2 is 1.79 bits per heavy atom. The Labute approximate surface area is 163 Å². The van der Waals surface area contributed by atoms with Crippen LogP contribution in [0.2, 0.25) is 0 Å². The lowest BCUT2D eigenvalue weighted by atomic mass is 10.1. The largest absolute Gasteiger partial charge is 0.429 e. The zero-order valence-corrected chi connectivity index (χ0v) is 16.1. The fourth-order valence-corrected chi connectivity index (χ4v) is 3.43. The van der Waals surface area contributed by atoms with Gasteiger partial charge in [0.1, 0.15) is 12.3 Å². The van der Waals surface area contributed by atoms with Crippen LogP contribution in [-0.4, -0.2) is 44.7 Å². The normalized spacial score (nSPS) is 12.6. The summed E-state index contributed by atoms with van der Waals surface area (Å²) in [7, 11) is -3.69. The first-order chi connectivity index (χ1) is 13.0. The molecular formula is C17H15F3N2O4S2. The molecule has 6 nitrogen and oxygen atoms in total. The number of aliphatic imine (C=N–C) groups is 1. The molecule has 1 N–H and O–H groups in total. The molecule has 0 amide bonds. The van der Waals surface area contributed by atoms with Gasteiger partial charge in [0.25, 0.3) is 0 Å². The first-order valence-electron chi connectivity index (χ1n) is 7.74. The van der Waals surface area contributed by atoms with Gasteiger partial charge in [-0.25, -0.2) is 8.42 Å². The second kappa shape index (κ2) is 8.65. The summed E-state index contributed by atoms with van der Waals surface area (Å²) in [4.78, 5) is 27.7. The van der Waals surface area contributed by atoms with Gasteiger partial charge >= 0.3 is 6.18 Å². The van der Waals surface area contributed by atoms with Crippen molar-refractivity contribution in [3.63, 3.8) is 0 Å². The fourth-order valence-electron chi connectivity index (χ4n) is 2.19. The molecule has 0 spiro atoms. The molecule has 0 saturated heterocycles. The van der Waals surface area contributed by atoms with Crippen molar-refractivity contribution in [2.75, 3.05) is 17.5 Å². The molecule has 1 heterocycles. The molecule has 11 heteroatoms. The van der Waals surface area contributed by atoms with Crippen LogP contribution in [0.3, 0.4) is 0 Å². The van der Waals surface area contributed by atoms with Crippen LogP contribution in [0, 0.1) is 0 Å². The number of carbonyl (C=O) groups is 2. The quantitative estimate of drug-likeness (QED) is 0.510. The van der Waals surface area contributed by atoms with Crippen LogP contribution in [0.4, 0.5) is 18.9 Å². The molecule has 28 heavy (non-hydrogen) atoms. The number of rotatable bonds is 8. The highest BCUT2D eigenvalue weighted by Crippen LogP contribution is 2.23. The van der Waals surface area contributed by atoms with Gasteiger partial charge in [-0.3, -0.25) is 19.3 Å². The summed E-state index contributed by atoms with van der Waals surface area (Å²) in [6.07, 6.45) is -4.98. The Morgan fingerprint density at radius 1 is 1.11 bits per heavy atom. The molecule has 150 valence electrons. The summed E-state index contributed by atoms with van der Waals surface area (Å²) < 4.78 is 64.5. The highest BCUT2D eigenvalue weighted by Gasteiger charge is 2.37. The minimum absolute atomic E-state index is 0.0616. The number of thiophene rings is 1. The van der Waals surface area contributed by atoms with E-state index in [1.165, 1.54) is 36.4 Å². The number of nitrogens with one attached hydrogen (secondary N) is 1. The number of carbonyl (C=O) groups excluding carboxylic acids is 2. The van der Waals surface area contributed by atoms with E-state index in [9.17, 15) is 31.2 Å². The zero-order valence-electron chi connectivity index (χ0n) is 14.5. The number of nitrogens with zero attached hydrogens (tertiary/aromatic N) is 1. The van der Waals surface area contributed by atoms with Gasteiger partial charge in [0.15, 0.2) is 11.6 Å². The van der Waals surface area contributed by atoms with Crippen LogP contribution < -0.4 is 4.72 Å². The van der Waals surface area contributed by atoms with Crippen LogP contribution in [0.1, 0.15) is 26.5 Å². The number of sulfonamides is 1. The Kier molecular flexibility index (Phi) is 6.73. The van der Waals surface area contributed by atoms with Gasteiger partial charge in [-0.1, -0.05) is 18.2 Å². The number of alkyl halides is 3. The number of para-hydroxylation sites is 1. The van der Waals surface area contributed by atoms with Gasteiger partial charge in [0.2, 0.25) is 10.0 Å². The molecule has 0 saturated carbocycles. The maximum atomic E-state index is 13.2. The number of anilines is 1. The van der Waals surface area contributed by atoms with Gasteiger partial charge in [-0.05, 0) is 23.6 Å². The van der Waals surface area contributed by atoms with Gasteiger partial charge in [-0.2, -0.15) is 13.2 Å². The first kappa shape index (κ1) is 21.8. The molecular weight excluding hydrogens is 417 g/mol. The second-order valence-electron chi connectivity index (χ2n) is 5.68. The average Bonchev–Trinajstić information content (AvgIpc) is 3.10. The number of hydrogen-bond acceptors (Lipinski definition) is 6. The van der Waals surface area contributed by atoms with Crippen LogP contribution in [0.5, 0.6) is 0 Å². The predicted molar refractivity (Wildman–Crippen MR) is 101 cm³/mol. The van der Waals surface area contributed by atoms with Crippen molar-refractivity contribution < 1.29 is 31.2 Å². The minimum atomic E-state index is -4.88. The van der Waals surface area contributed by atoms with Crippen LogP contribution in [0.15, 0.2) is 46.8 Å². The van der Waals surface area contributed by atoms with Crippen molar-refractivity contribution >= 4 is 44.3 Å². The molecule has 1 aromatic heterocycles. The van der Waals surface area contributed by atoms with E-state index in [4.69, 9.17) is 0 Å². The Morgan fingerprint density at radius 3 is 2.36 bits per heavy atom. The molecule has 1 aromatic carbocycles. The smallest absolute Gasteiger partial charge is 0.293 e. The van der Waals surface area contributed by atoms with Crippen molar-refractivity contribution in [1.82, 2.24) is 0 Å². The molecule has 0 atom stereocenters. The molecule has 0 aliphatic heterocycles. The average molecular weight is 432 g/mol. The van der Waals surface area contributed by atoms with E-state index < -0.39 is 46.4 Å². The molecule has 0 fully saturated rings. The van der Waals surface area contributed by atoms with E-state index in [2.05, 4.69) is 9.71 Å². The Balaban J connectivity index is 2.23. The van der Waals surface area contributed by atoms with Gasteiger partial charge in [0, 0.05) is 5.56 Å². The van der Waals surface area contributed by atoms with Gasteiger partial charge in [0.05, 0.1) is 23.2 Å². The van der Waals surface area contributed by atoms with E-state index in [1.54, 1.807) is 5.38 Å². The topological polar surface area (TPSA) is 92.7 Å². The molecule has 2 rings (SSSR count). The summed E-state index contributed by atoms with van der Waals surface area (Å²) in [5, 5.41) is 1.56. The highest BCUT2D eigenvalue weighted by atomic mass is 32.2. The summed E-state index contributed by atoms with van der Waals surface area (Å²) >= 11 is 1.01. The SMILES string of the molecule is CS(=O)(=O)Nc1ccccc1C(=O)CN=C(CC(=O)c1cccs1)C(F)(F)F. The van der Waals surface area contributed by atoms with E-state index in [0.29, 0.717) is 0 Å². The highest BCUT2D eigenvalue weighted by molar-refractivity contribution is 7.92. The van der Waals surface area contributed by atoms with Crippen LogP contribution in [0.25, 0.3) is 0 Å². The van der Waals surface area contributed by atoms with Gasteiger partial charge in [-0.15, -0.1) is 11.3 Å². The third-order valence-electron chi connectivity index (χ3n) is 3.39. The van der Waals surface area contributed by atoms with Gasteiger partial charge < -0.3 is 0 Å². The summed E-state index contributed by atoms with van der Waals surface area (Å²) in [5.41, 5.74) is -1.55. The van der Waals surface area contributed by atoms with Crippen molar-refractivity contribution in [1.29, 1.82) is 0 Å². The predicted octanol–water partition coefficient (Wildman–Crippen LogP) is 3.58. The number of ketones is 2. The summed E-state index contributed by atoms with van der Waals surface area (Å²) in [6.45, 7) is -0.880. The summed E-state index contributed by atoms with van der Waals surface area (Å²) in [5.74, 6) is -1.57. The molecule has 0 bridgehead atoms. The van der Waals surface area contributed by atoms with E-state index in [0.717, 1.165) is 17.6 Å². The lowest BCUT2D eigenvalue weighted by Crippen LogP contribution is -2.27. The standard InChI is InChI=1S/C17H15F3N2O4S2/c1-28(25,26)22-12-6-3-2-5-11(12)14(24)10-21-16(17(18,19)20)9-13(23)15-7-4-8-27-15/h2-8,22H,9-10H2,1H3. The third kappa shape index (κ3) is 6.27. The maximum Gasteiger partial charge on any atom is 0.429 e. The minimum Gasteiger partial charge on any atom is -0.293 e. The third-order valence-corrected chi connectivity index (χ3v) is 4.89. The number of benzene rings is 1. The maximum absolute atomic E-state index is 13.2. The zero-order chi connectivity index (χ0) is 20.9. The first-order valence-corrected chi connectivity index (χ1v) is 10.5. The van der Waals surface area contributed by atoms with E-state index >= 15 is 0 Å². The lowest BCUT2D eigenvalue weighted by molar-refractivity contribution is -0.0603. The van der Waals surface area contributed by atoms with Crippen molar-refractivity contribution in [2.45, 2.75) is 12.6 Å². The van der Waals surface area contributed by atoms with E-state index in [-0.39, 0.29) is 16.1 Å². The van der Waals surface area contributed by atoms with E-state index in [1.807, 2.05) is 0 Å². The number of halogens is 3. The number of hydrogen-bond donors (Lipinski definition) is 1. The Hall–Kier alpha value is -2.53. The van der Waals surface area contributed by atoms with Crippen molar-refractivity contribution in [3.8, 4) is 0 Å². The second-order valence-corrected chi connectivity index (χ2v) is 8.38. The fraction of sp³-hybridized carbons (Fsp3) is 0.235. The van der Waals surface area contributed by atoms with Crippen LogP contribution in [-0.2, 0) is 10.0 Å². The monoisotopic (exact) mass is 432 g/mol. The summed E-state index contributed by atoms with van der Waals surface area (Å²) in [6, 6.07) is 8.43.